The van der Waals surface area contributed by atoms with E-state index in [1.165, 1.54) is 5.56 Å². The summed E-state index contributed by atoms with van der Waals surface area (Å²) in [6, 6.07) is 8.06. The molecule has 1 saturated carbocycles. The highest BCUT2D eigenvalue weighted by atomic mass is 16.5. The monoisotopic (exact) mass is 360 g/mol. The summed E-state index contributed by atoms with van der Waals surface area (Å²) in [6.45, 7) is 7.58. The van der Waals surface area contributed by atoms with E-state index in [1.54, 1.807) is 7.11 Å². The van der Waals surface area contributed by atoms with Crippen molar-refractivity contribution < 1.29 is 14.3 Å². The van der Waals surface area contributed by atoms with Crippen molar-refractivity contribution in [3.05, 3.63) is 29.8 Å². The zero-order valence-electron chi connectivity index (χ0n) is 16.4. The number of anilines is 1. The summed E-state index contributed by atoms with van der Waals surface area (Å²) >= 11 is 0. The number of rotatable bonds is 6. The van der Waals surface area contributed by atoms with Crippen LogP contribution in [0.3, 0.4) is 0 Å². The number of nitrogens with one attached hydrogen (secondary N) is 2. The molecule has 0 radical (unpaired) electrons. The fourth-order valence-corrected chi connectivity index (χ4v) is 3.34. The minimum absolute atomic E-state index is 0.0136. The third-order valence-corrected chi connectivity index (χ3v) is 5.09. The molecule has 0 bridgehead atoms. The fraction of sp³-hybridized carbons (Fsp3) is 0.619. The van der Waals surface area contributed by atoms with Crippen LogP contribution in [0.2, 0.25) is 0 Å². The van der Waals surface area contributed by atoms with Crippen molar-refractivity contribution in [3.8, 4) is 0 Å². The van der Waals surface area contributed by atoms with Crippen LogP contribution in [-0.2, 0) is 19.7 Å². The van der Waals surface area contributed by atoms with Gasteiger partial charge in [-0.3, -0.25) is 9.59 Å². The van der Waals surface area contributed by atoms with E-state index in [4.69, 9.17) is 4.74 Å². The lowest BCUT2D eigenvalue weighted by molar-refractivity contribution is -0.128. The molecule has 144 valence electrons. The van der Waals surface area contributed by atoms with E-state index < -0.39 is 0 Å². The molecule has 1 fully saturated rings. The van der Waals surface area contributed by atoms with Gasteiger partial charge in [0.05, 0.1) is 6.61 Å². The Balaban J connectivity index is 1.80. The lowest BCUT2D eigenvalue weighted by Gasteiger charge is -2.27. The summed E-state index contributed by atoms with van der Waals surface area (Å²) in [5.74, 6) is 0.146. The molecule has 1 aliphatic rings. The second kappa shape index (κ2) is 9.17. The van der Waals surface area contributed by atoms with Crippen molar-refractivity contribution in [1.82, 2.24) is 5.32 Å². The maximum atomic E-state index is 12.5. The molecule has 0 heterocycles. The number of carbonyl (C=O) groups is 2. The molecule has 0 aliphatic heterocycles. The number of hydrogen-bond acceptors (Lipinski definition) is 3. The smallest absolute Gasteiger partial charge is 0.227 e. The summed E-state index contributed by atoms with van der Waals surface area (Å²) in [4.78, 5) is 24.6. The van der Waals surface area contributed by atoms with Gasteiger partial charge in [-0.2, -0.15) is 0 Å². The first kappa shape index (κ1) is 20.4. The van der Waals surface area contributed by atoms with Gasteiger partial charge in [-0.15, -0.1) is 0 Å². The van der Waals surface area contributed by atoms with E-state index in [2.05, 4.69) is 43.5 Å². The lowest BCUT2D eigenvalue weighted by Crippen LogP contribution is -2.36. The van der Waals surface area contributed by atoms with E-state index in [0.29, 0.717) is 13.2 Å². The van der Waals surface area contributed by atoms with Crippen LogP contribution in [-0.4, -0.2) is 32.1 Å². The van der Waals surface area contributed by atoms with Crippen LogP contribution in [0.1, 0.15) is 52.0 Å². The van der Waals surface area contributed by atoms with Crippen molar-refractivity contribution in [3.63, 3.8) is 0 Å². The lowest BCUT2D eigenvalue weighted by atomic mass is 9.81. The third-order valence-electron chi connectivity index (χ3n) is 5.09. The number of hydrogen-bond donors (Lipinski definition) is 2. The molecule has 0 saturated heterocycles. The molecule has 2 amide bonds. The fourth-order valence-electron chi connectivity index (χ4n) is 3.34. The molecular formula is C21H32N2O3. The van der Waals surface area contributed by atoms with Crippen molar-refractivity contribution in [1.29, 1.82) is 0 Å². The SMILES string of the molecule is COCCNC(=O)C1CCC(C(=O)Nc2ccc(C(C)(C)C)cc2)CC1. The van der Waals surface area contributed by atoms with Gasteiger partial charge in [-0.1, -0.05) is 32.9 Å². The van der Waals surface area contributed by atoms with Crippen molar-refractivity contribution in [2.24, 2.45) is 11.8 Å². The van der Waals surface area contributed by atoms with E-state index in [9.17, 15) is 9.59 Å². The minimum Gasteiger partial charge on any atom is -0.383 e. The number of ether oxygens (including phenoxy) is 1. The number of methoxy groups -OCH3 is 1. The number of carbonyl (C=O) groups excluding carboxylic acids is 2. The van der Waals surface area contributed by atoms with Gasteiger partial charge >= 0.3 is 0 Å². The second-order valence-electron chi connectivity index (χ2n) is 8.15. The maximum Gasteiger partial charge on any atom is 0.227 e. The van der Waals surface area contributed by atoms with Crippen molar-refractivity contribution in [2.45, 2.75) is 51.9 Å². The molecule has 2 rings (SSSR count). The molecule has 5 nitrogen and oxygen atoms in total. The Bertz CT molecular complexity index is 597. The van der Waals surface area contributed by atoms with E-state index >= 15 is 0 Å². The van der Waals surface area contributed by atoms with Gasteiger partial charge < -0.3 is 15.4 Å². The Hall–Kier alpha value is -1.88. The molecule has 0 unspecified atom stereocenters. The summed E-state index contributed by atoms with van der Waals surface area (Å²) in [5.41, 5.74) is 2.18. The van der Waals surface area contributed by atoms with Gasteiger partial charge in [-0.05, 0) is 48.8 Å². The molecule has 26 heavy (non-hydrogen) atoms. The van der Waals surface area contributed by atoms with Gasteiger partial charge in [0.2, 0.25) is 11.8 Å². The molecule has 1 aromatic carbocycles. The molecule has 0 aromatic heterocycles. The molecule has 2 N–H and O–H groups in total. The quantitative estimate of drug-likeness (QED) is 0.763. The Labute approximate surface area is 156 Å². The standard InChI is InChI=1S/C21H32N2O3/c1-21(2,3)17-9-11-18(12-10-17)23-20(25)16-7-5-15(6-8-16)19(24)22-13-14-26-4/h9-12,15-16H,5-8,13-14H2,1-4H3,(H,22,24)(H,23,25). The van der Waals surface area contributed by atoms with Crippen molar-refractivity contribution in [2.75, 3.05) is 25.6 Å². The highest BCUT2D eigenvalue weighted by Gasteiger charge is 2.29. The predicted molar refractivity (Wildman–Crippen MR) is 104 cm³/mol. The largest absolute Gasteiger partial charge is 0.383 e. The van der Waals surface area contributed by atoms with Gasteiger partial charge in [-0.25, -0.2) is 0 Å². The first-order valence-electron chi connectivity index (χ1n) is 9.49. The summed E-state index contributed by atoms with van der Waals surface area (Å²) in [6.07, 6.45) is 3.04. The Morgan fingerprint density at radius 2 is 1.54 bits per heavy atom. The first-order valence-corrected chi connectivity index (χ1v) is 9.49. The summed E-state index contributed by atoms with van der Waals surface area (Å²) < 4.78 is 4.94. The topological polar surface area (TPSA) is 67.4 Å². The van der Waals surface area contributed by atoms with Gasteiger partial charge in [0.25, 0.3) is 0 Å². The zero-order valence-corrected chi connectivity index (χ0v) is 16.4. The van der Waals surface area contributed by atoms with Crippen LogP contribution >= 0.6 is 0 Å². The zero-order chi connectivity index (χ0) is 19.2. The highest BCUT2D eigenvalue weighted by molar-refractivity contribution is 5.92. The van der Waals surface area contributed by atoms with Gasteiger partial charge in [0.15, 0.2) is 0 Å². The summed E-state index contributed by atoms with van der Waals surface area (Å²) in [7, 11) is 1.62. The van der Waals surface area contributed by atoms with Crippen LogP contribution in [0, 0.1) is 11.8 Å². The van der Waals surface area contributed by atoms with Crippen molar-refractivity contribution >= 4 is 17.5 Å². The minimum atomic E-state index is -0.0136. The molecule has 0 spiro atoms. The highest BCUT2D eigenvalue weighted by Crippen LogP contribution is 2.30. The Morgan fingerprint density at radius 1 is 1.00 bits per heavy atom. The Morgan fingerprint density at radius 3 is 2.04 bits per heavy atom. The molecule has 5 heteroatoms. The van der Waals surface area contributed by atoms with Crippen LogP contribution in [0.5, 0.6) is 0 Å². The number of benzene rings is 1. The number of amides is 2. The molecular weight excluding hydrogens is 328 g/mol. The van der Waals surface area contributed by atoms with Gasteiger partial charge in [0, 0.05) is 31.2 Å². The second-order valence-corrected chi connectivity index (χ2v) is 8.15. The predicted octanol–water partition coefficient (Wildman–Crippen LogP) is 3.49. The van der Waals surface area contributed by atoms with Gasteiger partial charge in [0.1, 0.15) is 0 Å². The molecule has 0 atom stereocenters. The normalized spacial score (nSPS) is 20.5. The molecule has 1 aliphatic carbocycles. The summed E-state index contributed by atoms with van der Waals surface area (Å²) in [5, 5.41) is 5.91. The Kier molecular flexibility index (Phi) is 7.21. The van der Waals surface area contributed by atoms with Crippen LogP contribution < -0.4 is 10.6 Å². The van der Waals surface area contributed by atoms with E-state index in [0.717, 1.165) is 31.4 Å². The van der Waals surface area contributed by atoms with E-state index in [1.807, 2.05) is 12.1 Å². The first-order chi connectivity index (χ1) is 12.3. The third kappa shape index (κ3) is 5.84. The van der Waals surface area contributed by atoms with Crippen LogP contribution in [0.15, 0.2) is 24.3 Å². The average molecular weight is 360 g/mol. The van der Waals surface area contributed by atoms with Crippen LogP contribution in [0.4, 0.5) is 5.69 Å². The van der Waals surface area contributed by atoms with E-state index in [-0.39, 0.29) is 29.1 Å². The van der Waals surface area contributed by atoms with Crippen LogP contribution in [0.25, 0.3) is 0 Å². The average Bonchev–Trinajstić information content (AvgIpc) is 2.61. The molecule has 1 aromatic rings. The maximum absolute atomic E-state index is 12.5.